The van der Waals surface area contributed by atoms with Crippen molar-refractivity contribution in [1.82, 2.24) is 4.90 Å². The number of hydrogen-bond donors (Lipinski definition) is 0. The summed E-state index contributed by atoms with van der Waals surface area (Å²) in [5.41, 5.74) is 0.994. The Morgan fingerprint density at radius 1 is 1.35 bits per heavy atom. The van der Waals surface area contributed by atoms with Gasteiger partial charge in [0.1, 0.15) is 5.82 Å². The van der Waals surface area contributed by atoms with Gasteiger partial charge in [-0.3, -0.25) is 4.79 Å². The summed E-state index contributed by atoms with van der Waals surface area (Å²) >= 11 is 0. The number of halogens is 1. The summed E-state index contributed by atoms with van der Waals surface area (Å²) in [4.78, 5) is 14.0. The van der Waals surface area contributed by atoms with Gasteiger partial charge in [0.05, 0.1) is 6.04 Å². The minimum Gasteiger partial charge on any atom is -0.336 e. The number of nitrogens with zero attached hydrogens (tertiary/aromatic N) is 1. The largest absolute Gasteiger partial charge is 0.336 e. The highest BCUT2D eigenvalue weighted by atomic mass is 19.1. The summed E-state index contributed by atoms with van der Waals surface area (Å²) in [5.74, 6) is 0.0963. The lowest BCUT2D eigenvalue weighted by molar-refractivity contribution is -0.140. The lowest BCUT2D eigenvalue weighted by Gasteiger charge is -2.35. The average Bonchev–Trinajstić information content (AvgIpc) is 2.33. The lowest BCUT2D eigenvalue weighted by atomic mass is 9.96. The van der Waals surface area contributed by atoms with Crippen LogP contribution in [0.3, 0.4) is 0 Å². The van der Waals surface area contributed by atoms with E-state index >= 15 is 0 Å². The first-order valence-electron chi connectivity index (χ1n) is 6.15. The Morgan fingerprint density at radius 2 is 2.00 bits per heavy atom. The van der Waals surface area contributed by atoms with Crippen molar-refractivity contribution in [2.45, 2.75) is 32.7 Å². The van der Waals surface area contributed by atoms with Crippen LogP contribution in [0.2, 0.25) is 0 Å². The van der Waals surface area contributed by atoms with E-state index in [1.165, 1.54) is 12.1 Å². The van der Waals surface area contributed by atoms with Gasteiger partial charge in [-0.25, -0.2) is 4.39 Å². The molecule has 0 radical (unpaired) electrons. The molecule has 1 aliphatic rings. The van der Waals surface area contributed by atoms with Gasteiger partial charge in [-0.15, -0.1) is 0 Å². The van der Waals surface area contributed by atoms with Gasteiger partial charge in [0.15, 0.2) is 0 Å². The minimum atomic E-state index is -0.237. The Bertz CT molecular complexity index is 401. The molecule has 1 aromatic rings. The SMILES string of the molecule is CC1CCCN([C@@H](C)c2ccc(F)cc2)C1=O. The summed E-state index contributed by atoms with van der Waals surface area (Å²) < 4.78 is 12.9. The Kier molecular flexibility index (Phi) is 3.46. The molecule has 2 nitrogen and oxygen atoms in total. The summed E-state index contributed by atoms with van der Waals surface area (Å²) in [6.45, 7) is 4.79. The van der Waals surface area contributed by atoms with Crippen LogP contribution < -0.4 is 0 Å². The van der Waals surface area contributed by atoms with Gasteiger partial charge in [-0.05, 0) is 37.5 Å². The maximum Gasteiger partial charge on any atom is 0.225 e. The number of amides is 1. The first-order chi connectivity index (χ1) is 8.09. The number of benzene rings is 1. The topological polar surface area (TPSA) is 20.3 Å². The van der Waals surface area contributed by atoms with Crippen LogP contribution in [0.5, 0.6) is 0 Å². The Morgan fingerprint density at radius 3 is 2.65 bits per heavy atom. The second-order valence-electron chi connectivity index (χ2n) is 4.80. The standard InChI is InChI=1S/C14H18FNO/c1-10-4-3-9-16(14(10)17)11(2)12-5-7-13(15)8-6-12/h5-8,10-11H,3-4,9H2,1-2H3/t10?,11-/m0/s1. The second kappa shape index (κ2) is 4.86. The van der Waals surface area contributed by atoms with Gasteiger partial charge in [-0.1, -0.05) is 19.1 Å². The van der Waals surface area contributed by atoms with Crippen LogP contribution in [0.25, 0.3) is 0 Å². The lowest BCUT2D eigenvalue weighted by Crippen LogP contribution is -2.41. The predicted molar refractivity (Wildman–Crippen MR) is 64.9 cm³/mol. The highest BCUT2D eigenvalue weighted by Gasteiger charge is 2.29. The summed E-state index contributed by atoms with van der Waals surface area (Å²) in [5, 5.41) is 0. The molecule has 1 fully saturated rings. The fraction of sp³-hybridized carbons (Fsp3) is 0.500. The van der Waals surface area contributed by atoms with Crippen molar-refractivity contribution in [3.8, 4) is 0 Å². The first kappa shape index (κ1) is 12.1. The second-order valence-corrected chi connectivity index (χ2v) is 4.80. The molecular formula is C14H18FNO. The van der Waals surface area contributed by atoms with Crippen molar-refractivity contribution in [3.05, 3.63) is 35.6 Å². The zero-order valence-corrected chi connectivity index (χ0v) is 10.3. The van der Waals surface area contributed by atoms with Crippen molar-refractivity contribution < 1.29 is 9.18 Å². The van der Waals surface area contributed by atoms with Crippen molar-refractivity contribution in [3.63, 3.8) is 0 Å². The highest BCUT2D eigenvalue weighted by molar-refractivity contribution is 5.79. The van der Waals surface area contributed by atoms with E-state index in [9.17, 15) is 9.18 Å². The fourth-order valence-electron chi connectivity index (χ4n) is 2.39. The molecule has 0 spiro atoms. The highest BCUT2D eigenvalue weighted by Crippen LogP contribution is 2.27. The fourth-order valence-corrected chi connectivity index (χ4v) is 2.39. The molecule has 17 heavy (non-hydrogen) atoms. The first-order valence-corrected chi connectivity index (χ1v) is 6.15. The molecule has 3 heteroatoms. The van der Waals surface area contributed by atoms with Crippen LogP contribution in [-0.2, 0) is 4.79 Å². The molecule has 0 N–H and O–H groups in total. The third-order valence-electron chi connectivity index (χ3n) is 3.56. The summed E-state index contributed by atoms with van der Waals surface area (Å²) in [6, 6.07) is 6.44. The zero-order valence-electron chi connectivity index (χ0n) is 10.3. The smallest absolute Gasteiger partial charge is 0.225 e. The monoisotopic (exact) mass is 235 g/mol. The van der Waals surface area contributed by atoms with E-state index in [0.29, 0.717) is 0 Å². The van der Waals surface area contributed by atoms with Crippen LogP contribution in [0.4, 0.5) is 4.39 Å². The molecule has 2 atom stereocenters. The van der Waals surface area contributed by atoms with Gasteiger partial charge in [0, 0.05) is 12.5 Å². The molecule has 2 rings (SSSR count). The van der Waals surface area contributed by atoms with Crippen molar-refractivity contribution in [2.75, 3.05) is 6.54 Å². The number of carbonyl (C=O) groups excluding carboxylic acids is 1. The van der Waals surface area contributed by atoms with Gasteiger partial charge < -0.3 is 4.90 Å². The maximum atomic E-state index is 12.9. The van der Waals surface area contributed by atoms with Crippen LogP contribution in [-0.4, -0.2) is 17.4 Å². The molecule has 0 saturated carbocycles. The normalized spacial score (nSPS) is 22.6. The maximum absolute atomic E-state index is 12.9. The predicted octanol–water partition coefficient (Wildman–Crippen LogP) is 3.15. The Labute approximate surface area is 101 Å². The number of hydrogen-bond acceptors (Lipinski definition) is 1. The minimum absolute atomic E-state index is 0.0332. The Balaban J connectivity index is 2.16. The van der Waals surface area contributed by atoms with Crippen LogP contribution in [0, 0.1) is 11.7 Å². The molecule has 1 saturated heterocycles. The van der Waals surface area contributed by atoms with Crippen LogP contribution in [0.1, 0.15) is 38.3 Å². The molecule has 1 amide bonds. The van der Waals surface area contributed by atoms with Crippen molar-refractivity contribution >= 4 is 5.91 Å². The molecule has 1 aliphatic heterocycles. The quantitative estimate of drug-likeness (QED) is 0.771. The third kappa shape index (κ3) is 2.48. The van der Waals surface area contributed by atoms with E-state index in [-0.39, 0.29) is 23.7 Å². The van der Waals surface area contributed by atoms with Crippen molar-refractivity contribution in [1.29, 1.82) is 0 Å². The molecule has 1 heterocycles. The molecule has 92 valence electrons. The molecule has 1 aromatic carbocycles. The molecule has 1 unspecified atom stereocenters. The van der Waals surface area contributed by atoms with E-state index in [2.05, 4.69) is 0 Å². The van der Waals surface area contributed by atoms with Gasteiger partial charge >= 0.3 is 0 Å². The number of piperidine rings is 1. The van der Waals surface area contributed by atoms with Gasteiger partial charge in [-0.2, -0.15) is 0 Å². The molecular weight excluding hydrogens is 217 g/mol. The average molecular weight is 235 g/mol. The van der Waals surface area contributed by atoms with Gasteiger partial charge in [0.25, 0.3) is 0 Å². The molecule has 0 aromatic heterocycles. The van der Waals surface area contributed by atoms with E-state index in [0.717, 1.165) is 24.9 Å². The molecule has 0 bridgehead atoms. The Hall–Kier alpha value is -1.38. The van der Waals surface area contributed by atoms with E-state index < -0.39 is 0 Å². The third-order valence-corrected chi connectivity index (χ3v) is 3.56. The summed E-state index contributed by atoms with van der Waals surface area (Å²) in [7, 11) is 0. The van der Waals surface area contributed by atoms with Crippen LogP contribution >= 0.6 is 0 Å². The van der Waals surface area contributed by atoms with Crippen molar-refractivity contribution in [2.24, 2.45) is 5.92 Å². The van der Waals surface area contributed by atoms with Gasteiger partial charge in [0.2, 0.25) is 5.91 Å². The van der Waals surface area contributed by atoms with E-state index in [1.54, 1.807) is 12.1 Å². The number of carbonyl (C=O) groups is 1. The number of rotatable bonds is 2. The molecule has 0 aliphatic carbocycles. The van der Waals surface area contributed by atoms with Crippen LogP contribution in [0.15, 0.2) is 24.3 Å². The summed E-state index contributed by atoms with van der Waals surface area (Å²) in [6.07, 6.45) is 2.03. The van der Waals surface area contributed by atoms with E-state index in [4.69, 9.17) is 0 Å². The zero-order chi connectivity index (χ0) is 12.4. The number of likely N-dealkylation sites (tertiary alicyclic amines) is 1. The van der Waals surface area contributed by atoms with E-state index in [1.807, 2.05) is 18.7 Å².